The number of nitrogens with zero attached hydrogens (tertiary/aromatic N) is 1. The van der Waals surface area contributed by atoms with Crippen LogP contribution in [0.5, 0.6) is 0 Å². The minimum absolute atomic E-state index is 0.0603. The molecule has 0 bridgehead atoms. The first-order valence-corrected chi connectivity index (χ1v) is 7.98. The van der Waals surface area contributed by atoms with Crippen molar-refractivity contribution in [1.29, 1.82) is 0 Å². The SMILES string of the molecule is NC[C@H]1CCC[C@H]1C(=O)NCCC(=O)N1CCCCC1. The second kappa shape index (κ2) is 7.62. The molecule has 0 aromatic carbocycles. The molecule has 2 atom stereocenters. The van der Waals surface area contributed by atoms with Crippen LogP contribution in [-0.2, 0) is 9.59 Å². The van der Waals surface area contributed by atoms with E-state index in [9.17, 15) is 9.59 Å². The summed E-state index contributed by atoms with van der Waals surface area (Å²) in [6, 6.07) is 0. The number of piperidine rings is 1. The third-order valence-electron chi connectivity index (χ3n) is 4.65. The molecule has 2 amide bonds. The summed E-state index contributed by atoms with van der Waals surface area (Å²) in [6.07, 6.45) is 6.95. The summed E-state index contributed by atoms with van der Waals surface area (Å²) in [5.74, 6) is 0.647. The van der Waals surface area contributed by atoms with E-state index in [4.69, 9.17) is 5.73 Å². The summed E-state index contributed by atoms with van der Waals surface area (Å²) in [5, 5.41) is 2.92. The van der Waals surface area contributed by atoms with Crippen LogP contribution in [0.4, 0.5) is 0 Å². The first kappa shape index (κ1) is 15.3. The van der Waals surface area contributed by atoms with Crippen molar-refractivity contribution in [2.75, 3.05) is 26.2 Å². The molecule has 1 aliphatic heterocycles. The summed E-state index contributed by atoms with van der Waals surface area (Å²) >= 11 is 0. The topological polar surface area (TPSA) is 75.4 Å². The van der Waals surface area contributed by atoms with Crippen molar-refractivity contribution in [2.24, 2.45) is 17.6 Å². The van der Waals surface area contributed by atoms with Crippen LogP contribution in [0.1, 0.15) is 44.9 Å². The maximum absolute atomic E-state index is 12.1. The second-order valence-corrected chi connectivity index (χ2v) is 6.02. The van der Waals surface area contributed by atoms with Gasteiger partial charge in [0.05, 0.1) is 0 Å². The van der Waals surface area contributed by atoms with E-state index in [1.807, 2.05) is 4.90 Å². The van der Waals surface area contributed by atoms with Crippen LogP contribution < -0.4 is 11.1 Å². The molecule has 0 radical (unpaired) electrons. The maximum Gasteiger partial charge on any atom is 0.224 e. The van der Waals surface area contributed by atoms with Gasteiger partial charge in [0.2, 0.25) is 11.8 Å². The third-order valence-corrected chi connectivity index (χ3v) is 4.65. The van der Waals surface area contributed by atoms with E-state index in [2.05, 4.69) is 5.32 Å². The van der Waals surface area contributed by atoms with Gasteiger partial charge in [-0.05, 0) is 44.6 Å². The first-order valence-electron chi connectivity index (χ1n) is 7.98. The van der Waals surface area contributed by atoms with Crippen molar-refractivity contribution in [3.05, 3.63) is 0 Å². The van der Waals surface area contributed by atoms with Crippen molar-refractivity contribution in [3.8, 4) is 0 Å². The van der Waals surface area contributed by atoms with Gasteiger partial charge in [0.15, 0.2) is 0 Å². The summed E-state index contributed by atoms with van der Waals surface area (Å²) in [6.45, 7) is 2.81. The van der Waals surface area contributed by atoms with Gasteiger partial charge in [-0.3, -0.25) is 9.59 Å². The van der Waals surface area contributed by atoms with Crippen molar-refractivity contribution < 1.29 is 9.59 Å². The Kier molecular flexibility index (Phi) is 5.83. The first-order chi connectivity index (χ1) is 9.72. The van der Waals surface area contributed by atoms with Crippen LogP contribution in [0.25, 0.3) is 0 Å². The van der Waals surface area contributed by atoms with Gasteiger partial charge in [0.25, 0.3) is 0 Å². The highest BCUT2D eigenvalue weighted by Gasteiger charge is 2.31. The molecule has 1 saturated heterocycles. The van der Waals surface area contributed by atoms with E-state index in [1.54, 1.807) is 0 Å². The van der Waals surface area contributed by atoms with Crippen LogP contribution >= 0.6 is 0 Å². The molecule has 1 saturated carbocycles. The minimum atomic E-state index is 0.0603. The number of carbonyl (C=O) groups excluding carboxylic acids is 2. The third kappa shape index (κ3) is 3.95. The van der Waals surface area contributed by atoms with Crippen LogP contribution in [0.15, 0.2) is 0 Å². The molecule has 114 valence electrons. The zero-order chi connectivity index (χ0) is 14.4. The Morgan fingerprint density at radius 3 is 2.55 bits per heavy atom. The average molecular weight is 281 g/mol. The number of hydrogen-bond donors (Lipinski definition) is 2. The molecule has 3 N–H and O–H groups in total. The van der Waals surface area contributed by atoms with E-state index in [0.29, 0.717) is 25.4 Å². The molecule has 0 aromatic heterocycles. The van der Waals surface area contributed by atoms with Gasteiger partial charge in [-0.1, -0.05) is 6.42 Å². The number of carbonyl (C=O) groups is 2. The lowest BCUT2D eigenvalue weighted by atomic mass is 9.95. The summed E-state index contributed by atoms with van der Waals surface area (Å²) in [4.78, 5) is 26.0. The zero-order valence-electron chi connectivity index (χ0n) is 12.3. The average Bonchev–Trinajstić information content (AvgIpc) is 2.96. The quantitative estimate of drug-likeness (QED) is 0.785. The number of nitrogens with two attached hydrogens (primary N) is 1. The van der Waals surface area contributed by atoms with Gasteiger partial charge in [-0.15, -0.1) is 0 Å². The summed E-state index contributed by atoms with van der Waals surface area (Å²) < 4.78 is 0. The van der Waals surface area contributed by atoms with Crippen molar-refractivity contribution >= 4 is 11.8 Å². The van der Waals surface area contributed by atoms with Gasteiger partial charge in [0, 0.05) is 32.0 Å². The van der Waals surface area contributed by atoms with E-state index in [1.165, 1.54) is 6.42 Å². The lowest BCUT2D eigenvalue weighted by molar-refractivity contribution is -0.132. The van der Waals surface area contributed by atoms with Crippen LogP contribution in [0.3, 0.4) is 0 Å². The number of hydrogen-bond acceptors (Lipinski definition) is 3. The smallest absolute Gasteiger partial charge is 0.224 e. The molecule has 1 aliphatic carbocycles. The largest absolute Gasteiger partial charge is 0.355 e. The van der Waals surface area contributed by atoms with Crippen molar-refractivity contribution in [1.82, 2.24) is 10.2 Å². The van der Waals surface area contributed by atoms with Gasteiger partial charge >= 0.3 is 0 Å². The molecule has 20 heavy (non-hydrogen) atoms. The monoisotopic (exact) mass is 281 g/mol. The van der Waals surface area contributed by atoms with E-state index < -0.39 is 0 Å². The Balaban J connectivity index is 1.67. The Bertz CT molecular complexity index is 340. The molecule has 0 unspecified atom stereocenters. The van der Waals surface area contributed by atoms with E-state index in [0.717, 1.165) is 45.2 Å². The van der Waals surface area contributed by atoms with Crippen LogP contribution in [0.2, 0.25) is 0 Å². The minimum Gasteiger partial charge on any atom is -0.355 e. The van der Waals surface area contributed by atoms with E-state index >= 15 is 0 Å². The molecule has 1 heterocycles. The number of amides is 2. The highest BCUT2D eigenvalue weighted by molar-refractivity contribution is 5.81. The van der Waals surface area contributed by atoms with Gasteiger partial charge in [-0.25, -0.2) is 0 Å². The maximum atomic E-state index is 12.1. The lowest BCUT2D eigenvalue weighted by Gasteiger charge is -2.27. The second-order valence-electron chi connectivity index (χ2n) is 6.02. The zero-order valence-corrected chi connectivity index (χ0v) is 12.3. The molecule has 5 heteroatoms. The van der Waals surface area contributed by atoms with Gasteiger partial charge < -0.3 is 16.0 Å². The predicted molar refractivity (Wildman–Crippen MR) is 77.9 cm³/mol. The number of rotatable bonds is 5. The normalized spacial score (nSPS) is 26.6. The summed E-state index contributed by atoms with van der Waals surface area (Å²) in [5.41, 5.74) is 5.70. The molecule has 2 rings (SSSR count). The standard InChI is InChI=1S/C15H27N3O2/c16-11-12-5-4-6-13(12)15(20)17-8-7-14(19)18-9-2-1-3-10-18/h12-13H,1-11,16H2,(H,17,20)/t12-,13-/m1/s1. The van der Waals surface area contributed by atoms with Crippen molar-refractivity contribution in [3.63, 3.8) is 0 Å². The van der Waals surface area contributed by atoms with Crippen LogP contribution in [0, 0.1) is 11.8 Å². The van der Waals surface area contributed by atoms with Gasteiger partial charge in [0.1, 0.15) is 0 Å². The Morgan fingerprint density at radius 2 is 1.85 bits per heavy atom. The number of nitrogens with one attached hydrogen (secondary N) is 1. The highest BCUT2D eigenvalue weighted by Crippen LogP contribution is 2.30. The summed E-state index contributed by atoms with van der Waals surface area (Å²) in [7, 11) is 0. The van der Waals surface area contributed by atoms with Gasteiger partial charge in [-0.2, -0.15) is 0 Å². The molecule has 0 aromatic rings. The van der Waals surface area contributed by atoms with E-state index in [-0.39, 0.29) is 17.7 Å². The fraction of sp³-hybridized carbons (Fsp3) is 0.867. The fourth-order valence-electron chi connectivity index (χ4n) is 3.39. The fourth-order valence-corrected chi connectivity index (χ4v) is 3.39. The predicted octanol–water partition coefficient (Wildman–Crippen LogP) is 0.880. The molecule has 0 spiro atoms. The Labute approximate surface area is 121 Å². The lowest BCUT2D eigenvalue weighted by Crippen LogP contribution is -2.39. The number of likely N-dealkylation sites (tertiary alicyclic amines) is 1. The van der Waals surface area contributed by atoms with Crippen LogP contribution in [-0.4, -0.2) is 42.9 Å². The molecular weight excluding hydrogens is 254 g/mol. The molecule has 2 fully saturated rings. The highest BCUT2D eigenvalue weighted by atomic mass is 16.2. The Hall–Kier alpha value is -1.10. The Morgan fingerprint density at radius 1 is 1.10 bits per heavy atom. The molecule has 5 nitrogen and oxygen atoms in total. The molecule has 2 aliphatic rings. The van der Waals surface area contributed by atoms with Crippen molar-refractivity contribution in [2.45, 2.75) is 44.9 Å². The molecular formula is C15H27N3O2.